The number of ether oxygens (including phenoxy) is 4. The van der Waals surface area contributed by atoms with Crippen LogP contribution in [0.4, 0.5) is 5.95 Å². The molecule has 38 heteroatoms. The monoisotopic (exact) mass is 1380 g/mol. The number of hydrogen-bond acceptors (Lipinski definition) is 24. The van der Waals surface area contributed by atoms with Crippen molar-refractivity contribution in [1.29, 1.82) is 0 Å². The Kier molecular flexibility index (Phi) is 33.4. The van der Waals surface area contributed by atoms with Crippen LogP contribution in [0.15, 0.2) is 58.6 Å². The number of pyridine rings is 1. The maximum absolute atomic E-state index is 13.6. The molecular formula is C57H84N12O24S2. The summed E-state index contributed by atoms with van der Waals surface area (Å²) in [6, 6.07) is 4.49. The van der Waals surface area contributed by atoms with Gasteiger partial charge in [0.1, 0.15) is 23.4 Å². The highest BCUT2D eigenvalue weighted by Crippen LogP contribution is 2.33. The number of rotatable bonds is 49. The molecule has 4 rings (SSSR count). The molecule has 0 aliphatic heterocycles. The van der Waals surface area contributed by atoms with Crippen LogP contribution in [-0.4, -0.2) is 273 Å². The topological polar surface area (TPSA) is 519 Å². The highest BCUT2D eigenvalue weighted by Gasteiger charge is 2.31. The smallest absolute Gasteiger partial charge is 0.323 e. The summed E-state index contributed by atoms with van der Waals surface area (Å²) in [5, 5.41) is 60.2. The molecule has 4 amide bonds. The molecule has 95 heavy (non-hydrogen) atoms. The fourth-order valence-electron chi connectivity index (χ4n) is 9.32. The summed E-state index contributed by atoms with van der Waals surface area (Å²) in [4.78, 5) is 133. The van der Waals surface area contributed by atoms with Crippen LogP contribution in [0.2, 0.25) is 0 Å². The van der Waals surface area contributed by atoms with Gasteiger partial charge in [-0.15, -0.1) is 0 Å². The first-order chi connectivity index (χ1) is 44.9. The van der Waals surface area contributed by atoms with E-state index in [0.717, 1.165) is 15.4 Å². The third kappa shape index (κ3) is 30.3. The number of aliphatic carboxylic acids is 5. The van der Waals surface area contributed by atoms with Crippen LogP contribution >= 0.6 is 10.9 Å². The number of imidazole rings is 1. The lowest BCUT2D eigenvalue weighted by Crippen LogP contribution is -2.53. The number of benzene rings is 2. The Morgan fingerprint density at radius 2 is 1.21 bits per heavy atom. The number of carbonyl (C=O) groups excluding carboxylic acids is 4. The van der Waals surface area contributed by atoms with Crippen LogP contribution in [0.5, 0.6) is 5.75 Å². The predicted octanol–water partition coefficient (Wildman–Crippen LogP) is -1.17. The number of nitrogens with one attached hydrogen (secondary N) is 7. The van der Waals surface area contributed by atoms with Gasteiger partial charge in [0.2, 0.25) is 33.2 Å². The zero-order chi connectivity index (χ0) is 70.3. The van der Waals surface area contributed by atoms with Crippen molar-refractivity contribution in [1.82, 2.24) is 55.2 Å². The molecule has 0 fully saturated rings. The molecule has 0 spiro atoms. The van der Waals surface area contributed by atoms with Crippen molar-refractivity contribution in [2.45, 2.75) is 63.1 Å². The number of aryl methyl sites for hydroxylation is 3. The van der Waals surface area contributed by atoms with Crippen LogP contribution in [0, 0.1) is 13.8 Å². The molecule has 2 aromatic heterocycles. The highest BCUT2D eigenvalue weighted by molar-refractivity contribution is 8.19. The van der Waals surface area contributed by atoms with E-state index in [2.05, 4.69) is 41.3 Å². The molecular weight excluding hydrogens is 1300 g/mol. The minimum absolute atomic E-state index is 0.0142. The first-order valence-electron chi connectivity index (χ1n) is 29.6. The minimum Gasteiger partial charge on any atom is -0.494 e. The summed E-state index contributed by atoms with van der Waals surface area (Å²) in [7, 11) is -7.18. The number of fused-ring (bicyclic) bond motifs is 1. The second-order valence-electron chi connectivity index (χ2n) is 21.6. The summed E-state index contributed by atoms with van der Waals surface area (Å²) < 4.78 is 82.4. The Morgan fingerprint density at radius 1 is 0.663 bits per heavy atom. The highest BCUT2D eigenvalue weighted by atomic mass is 32.3. The van der Waals surface area contributed by atoms with E-state index in [-0.39, 0.29) is 118 Å². The van der Waals surface area contributed by atoms with E-state index in [1.807, 2.05) is 0 Å². The largest absolute Gasteiger partial charge is 0.494 e. The Labute approximate surface area is 547 Å². The summed E-state index contributed by atoms with van der Waals surface area (Å²) in [6.45, 7) is 0.385. The van der Waals surface area contributed by atoms with Crippen molar-refractivity contribution in [2.24, 2.45) is 7.05 Å². The first kappa shape index (κ1) is 79.0. The van der Waals surface area contributed by atoms with Crippen LogP contribution in [0.1, 0.15) is 52.7 Å². The number of amides is 4. The second kappa shape index (κ2) is 40.1. The fourth-order valence-corrected chi connectivity index (χ4v) is 11.6. The lowest BCUT2D eigenvalue weighted by atomic mass is 10.1. The van der Waals surface area contributed by atoms with Crippen LogP contribution in [0.25, 0.3) is 10.9 Å². The van der Waals surface area contributed by atoms with Crippen molar-refractivity contribution in [3.05, 3.63) is 81.4 Å². The number of carboxylic acid groups (broad SMARTS) is 5. The molecule has 528 valence electrons. The molecule has 4 aromatic rings. The standard InChI is InChI=1S/C57H84N12O24S2/c1-37-25-40(26-38(2)53(37)95(88,89)65-43(56(83)84)29-62-54(81)42-30-66(3)45-27-39(8-9-41(45)52(42)80)28-63-57-60-12-13-61-57)93-20-4-7-46(70)58-10-5-18-90-21-23-92-24-22-91-19-6-11-59-55(82)44(36-94(85,86)87)64-47(71)31-68(33-49(74)75)16-14-67(32-48(72)73)15-17-69(34-50(76)77)35-51(78)79/h8-9,12-13,25-27,30,43-44,65,85-87H,4-7,10-11,14-24,28-29,31-36H2,1-3H3,(H,58,70)(H,59,82)(H,62,81)(H,64,71)(H,72,73)(H,74,75)(H,76,77)(H,78,79)(H,83,84)(H2,60,61,63)/t43?,44-/m1/s1. The van der Waals surface area contributed by atoms with E-state index >= 15 is 0 Å². The van der Waals surface area contributed by atoms with Gasteiger partial charge < -0.3 is 94.3 Å². The number of aromatic nitrogens is 3. The van der Waals surface area contributed by atoms with Crippen LogP contribution in [0.3, 0.4) is 0 Å². The van der Waals surface area contributed by atoms with Crippen molar-refractivity contribution in [3.63, 3.8) is 0 Å². The summed E-state index contributed by atoms with van der Waals surface area (Å²) in [5.41, 5.74) is 0.962. The van der Waals surface area contributed by atoms with Gasteiger partial charge in [0.15, 0.2) is 5.95 Å². The number of carbonyl (C=O) groups is 9. The zero-order valence-electron chi connectivity index (χ0n) is 52.6. The van der Waals surface area contributed by atoms with Gasteiger partial charge in [-0.05, 0) is 74.1 Å². The fraction of sp³-hybridized carbons (Fsp3) is 0.526. The maximum atomic E-state index is 13.6. The molecule has 1 unspecified atom stereocenters. The quantitative estimate of drug-likeness (QED) is 0.0232. The maximum Gasteiger partial charge on any atom is 0.323 e. The zero-order valence-corrected chi connectivity index (χ0v) is 54.2. The van der Waals surface area contributed by atoms with E-state index in [4.69, 9.17) is 29.2 Å². The molecule has 15 N–H and O–H groups in total. The van der Waals surface area contributed by atoms with E-state index < -0.39 is 131 Å². The Bertz CT molecular complexity index is 3370. The normalized spacial score (nSPS) is 12.5. The third-order valence-electron chi connectivity index (χ3n) is 13.6. The molecule has 2 aromatic carbocycles. The van der Waals surface area contributed by atoms with Crippen LogP contribution < -0.4 is 41.5 Å². The van der Waals surface area contributed by atoms with Gasteiger partial charge in [0, 0.05) is 103 Å². The molecule has 0 saturated carbocycles. The SMILES string of the molecule is Cc1cc(OCCCC(=O)NCCCOCCOCCOCCCNC(=O)[C@@H](CS(O)(O)O)NC(=O)CN(CCN(CCN(CC(=O)O)CC(=O)O)CC(=O)O)CC(=O)O)cc(C)c1S(=O)(=O)NC(CNC(=O)c1cn(C)c2cc(CNc3ncc[nH]3)ccc2c1=O)C(=O)O. The van der Waals surface area contributed by atoms with E-state index in [9.17, 15) is 85.3 Å². The van der Waals surface area contributed by atoms with E-state index in [1.54, 1.807) is 42.2 Å². The molecule has 0 bridgehead atoms. The van der Waals surface area contributed by atoms with Crippen molar-refractivity contribution in [2.75, 3.05) is 136 Å². The number of anilines is 1. The summed E-state index contributed by atoms with van der Waals surface area (Å²) in [6.07, 6.45) is 5.79. The number of sulfonamides is 1. The second-order valence-corrected chi connectivity index (χ2v) is 24.8. The Hall–Kier alpha value is -8.41. The predicted molar refractivity (Wildman–Crippen MR) is 340 cm³/mol. The number of nitrogens with zero attached hydrogens (tertiary/aromatic N) is 5. The lowest BCUT2D eigenvalue weighted by Gasteiger charge is -2.29. The number of hydrogen-bond donors (Lipinski definition) is 15. The Morgan fingerprint density at radius 3 is 1.76 bits per heavy atom. The van der Waals surface area contributed by atoms with Crippen molar-refractivity contribution >= 4 is 91.2 Å². The third-order valence-corrected chi connectivity index (χ3v) is 16.2. The molecule has 2 atom stereocenters. The lowest BCUT2D eigenvalue weighted by molar-refractivity contribution is -0.143. The van der Waals surface area contributed by atoms with Gasteiger partial charge in [0.05, 0.1) is 92.8 Å². The minimum atomic E-state index is -4.49. The molecule has 36 nitrogen and oxygen atoms in total. The van der Waals surface area contributed by atoms with Crippen LogP contribution in [-0.2, 0) is 76.2 Å². The van der Waals surface area contributed by atoms with Gasteiger partial charge in [0.25, 0.3) is 5.91 Å². The van der Waals surface area contributed by atoms with E-state index in [0.29, 0.717) is 49.8 Å². The molecule has 0 saturated heterocycles. The average Bonchev–Trinajstić information content (AvgIpc) is 0.973. The summed E-state index contributed by atoms with van der Waals surface area (Å²) >= 11 is 0. The summed E-state index contributed by atoms with van der Waals surface area (Å²) in [5.74, 6) is -10.1. The van der Waals surface area contributed by atoms with Gasteiger partial charge in [-0.2, -0.15) is 4.72 Å². The number of H-pyrrole nitrogens is 1. The van der Waals surface area contributed by atoms with Gasteiger partial charge in [-0.3, -0.25) is 62.6 Å². The molecule has 0 aliphatic carbocycles. The first-order valence-corrected chi connectivity index (χ1v) is 32.8. The van der Waals surface area contributed by atoms with E-state index in [1.165, 1.54) is 37.1 Å². The molecule has 2 heterocycles. The molecule has 0 aliphatic rings. The van der Waals surface area contributed by atoms with Crippen molar-refractivity contribution in [3.8, 4) is 5.75 Å². The average molecular weight is 1390 g/mol. The van der Waals surface area contributed by atoms with Gasteiger partial charge in [-0.1, -0.05) is 6.07 Å². The van der Waals surface area contributed by atoms with Gasteiger partial charge >= 0.3 is 29.8 Å². The Balaban J connectivity index is 1.06. The van der Waals surface area contributed by atoms with Crippen molar-refractivity contribution < 1.29 is 110 Å². The molecule has 0 radical (unpaired) electrons. The number of aromatic amines is 1. The number of carboxylic acids is 5. The van der Waals surface area contributed by atoms with Gasteiger partial charge in [-0.25, -0.2) is 13.4 Å².